The number of fused-ring (bicyclic) bond motifs is 1. The molecule has 0 saturated heterocycles. The molecule has 3 aromatic rings. The third kappa shape index (κ3) is 3.89. The van der Waals surface area contributed by atoms with E-state index in [1.807, 2.05) is 25.2 Å². The minimum absolute atomic E-state index is 0.250. The summed E-state index contributed by atoms with van der Waals surface area (Å²) in [6.45, 7) is 3.08. The van der Waals surface area contributed by atoms with Crippen molar-refractivity contribution in [2.45, 2.75) is 13.3 Å². The number of halogens is 1. The molecule has 2 aromatic heterocycles. The van der Waals surface area contributed by atoms with Gasteiger partial charge in [0.2, 0.25) is 0 Å². The lowest BCUT2D eigenvalue weighted by molar-refractivity contribution is 0.256. The molecule has 0 saturated carbocycles. The zero-order valence-corrected chi connectivity index (χ0v) is 16.4. The summed E-state index contributed by atoms with van der Waals surface area (Å²) in [5, 5.41) is 2.84. The molecule has 148 valence electrons. The molecule has 1 aromatic carbocycles. The van der Waals surface area contributed by atoms with E-state index in [1.54, 1.807) is 42.3 Å². The Morgan fingerprint density at radius 3 is 2.76 bits per heavy atom. The van der Waals surface area contributed by atoms with Gasteiger partial charge in [-0.25, -0.2) is 19.2 Å². The van der Waals surface area contributed by atoms with E-state index in [0.717, 1.165) is 24.2 Å². The molecule has 1 aliphatic rings. The van der Waals surface area contributed by atoms with Crippen LogP contribution in [0.5, 0.6) is 0 Å². The number of nitrogens with one attached hydrogen (secondary N) is 1. The normalized spacial score (nSPS) is 13.6. The number of aromatic nitrogens is 2. The fourth-order valence-corrected chi connectivity index (χ4v) is 3.41. The van der Waals surface area contributed by atoms with Crippen LogP contribution in [-0.4, -0.2) is 36.1 Å². The maximum atomic E-state index is 13.7. The minimum Gasteiger partial charge on any atom is -0.372 e. The van der Waals surface area contributed by atoms with Gasteiger partial charge >= 0.3 is 6.03 Å². The number of pyridine rings is 2. The van der Waals surface area contributed by atoms with Crippen LogP contribution in [0.4, 0.5) is 26.5 Å². The van der Waals surface area contributed by atoms with E-state index in [2.05, 4.69) is 15.2 Å². The number of amides is 2. The quantitative estimate of drug-likeness (QED) is 0.700. The fraction of sp³-hybridized carbons (Fsp3) is 0.227. The van der Waals surface area contributed by atoms with Crippen LogP contribution >= 0.6 is 0 Å². The van der Waals surface area contributed by atoms with Crippen LogP contribution in [0.2, 0.25) is 0 Å². The molecular formula is C22H22FN5O. The number of rotatable bonds is 2. The van der Waals surface area contributed by atoms with E-state index in [1.165, 1.54) is 6.07 Å². The van der Waals surface area contributed by atoms with Crippen molar-refractivity contribution < 1.29 is 9.18 Å². The Morgan fingerprint density at radius 2 is 2.00 bits per heavy atom. The molecule has 0 aliphatic carbocycles. The minimum atomic E-state index is -0.278. The molecule has 0 bridgehead atoms. The summed E-state index contributed by atoms with van der Waals surface area (Å²) in [6, 6.07) is 13.9. The highest BCUT2D eigenvalue weighted by molar-refractivity contribution is 6.03. The first kappa shape index (κ1) is 18.9. The number of nitrogens with zero attached hydrogens (tertiary/aromatic N) is 4. The Hall–Kier alpha value is -3.48. The molecular weight excluding hydrogens is 369 g/mol. The van der Waals surface area contributed by atoms with Gasteiger partial charge < -0.3 is 4.90 Å². The molecule has 0 spiro atoms. The molecule has 0 fully saturated rings. The molecule has 0 unspecified atom stereocenters. The van der Waals surface area contributed by atoms with Gasteiger partial charge in [-0.1, -0.05) is 6.07 Å². The van der Waals surface area contributed by atoms with Gasteiger partial charge in [0.05, 0.1) is 11.4 Å². The Labute approximate surface area is 169 Å². The standard InChI is InChI=1S/C22H22FN5O/c1-15-14-16(7-8-17(15)23)18-9-10-19-21(25-18)28(13-5-12-27(19)2)22(29)26-20-6-3-4-11-24-20/h3-4,6-11,14H,5,12-13H2,1-2H3,(H,24,26,29). The van der Waals surface area contributed by atoms with E-state index in [4.69, 9.17) is 4.98 Å². The molecule has 7 heteroatoms. The summed E-state index contributed by atoms with van der Waals surface area (Å²) in [6.07, 6.45) is 2.44. The zero-order chi connectivity index (χ0) is 20.4. The molecule has 2 amide bonds. The third-order valence-electron chi connectivity index (χ3n) is 5.00. The van der Waals surface area contributed by atoms with Gasteiger partial charge in [0.15, 0.2) is 5.82 Å². The predicted octanol–water partition coefficient (Wildman–Crippen LogP) is 4.47. The van der Waals surface area contributed by atoms with Crippen LogP contribution in [0, 0.1) is 12.7 Å². The molecule has 0 radical (unpaired) electrons. The summed E-state index contributed by atoms with van der Waals surface area (Å²) in [5.41, 5.74) is 2.93. The van der Waals surface area contributed by atoms with Crippen LogP contribution in [0.1, 0.15) is 12.0 Å². The smallest absolute Gasteiger partial charge is 0.328 e. The first-order valence-electron chi connectivity index (χ1n) is 9.51. The highest BCUT2D eigenvalue weighted by Gasteiger charge is 2.26. The van der Waals surface area contributed by atoms with E-state index < -0.39 is 0 Å². The van der Waals surface area contributed by atoms with Gasteiger partial charge in [-0.15, -0.1) is 0 Å². The van der Waals surface area contributed by atoms with Crippen molar-refractivity contribution >= 4 is 23.4 Å². The summed E-state index contributed by atoms with van der Waals surface area (Å²) in [7, 11) is 1.99. The Bertz CT molecular complexity index is 1040. The molecule has 6 nitrogen and oxygen atoms in total. The molecule has 1 aliphatic heterocycles. The Kier molecular flexibility index (Phi) is 5.12. The third-order valence-corrected chi connectivity index (χ3v) is 5.00. The van der Waals surface area contributed by atoms with Crippen LogP contribution < -0.4 is 15.1 Å². The van der Waals surface area contributed by atoms with Crippen molar-refractivity contribution in [1.82, 2.24) is 9.97 Å². The number of anilines is 3. The maximum absolute atomic E-state index is 13.7. The van der Waals surface area contributed by atoms with E-state index in [9.17, 15) is 9.18 Å². The Balaban J connectivity index is 1.73. The summed E-state index contributed by atoms with van der Waals surface area (Å²) >= 11 is 0. The number of hydrogen-bond acceptors (Lipinski definition) is 4. The first-order chi connectivity index (χ1) is 14.0. The fourth-order valence-electron chi connectivity index (χ4n) is 3.41. The average Bonchev–Trinajstić information content (AvgIpc) is 2.89. The topological polar surface area (TPSA) is 61.4 Å². The monoisotopic (exact) mass is 391 g/mol. The predicted molar refractivity (Wildman–Crippen MR) is 113 cm³/mol. The van der Waals surface area contributed by atoms with Gasteiger partial charge in [0, 0.05) is 31.9 Å². The molecule has 1 N–H and O–H groups in total. The summed E-state index contributed by atoms with van der Waals surface area (Å²) in [5.74, 6) is 0.819. The lowest BCUT2D eigenvalue weighted by Crippen LogP contribution is -2.36. The number of carbonyl (C=O) groups excluding carboxylic acids is 1. The lowest BCUT2D eigenvalue weighted by atomic mass is 10.1. The van der Waals surface area contributed by atoms with Gasteiger partial charge in [-0.3, -0.25) is 10.2 Å². The molecule has 3 heterocycles. The van der Waals surface area contributed by atoms with Crippen LogP contribution in [0.25, 0.3) is 11.3 Å². The van der Waals surface area contributed by atoms with Crippen molar-refractivity contribution in [3.05, 3.63) is 66.1 Å². The number of benzene rings is 1. The highest BCUT2D eigenvalue weighted by atomic mass is 19.1. The molecule has 4 rings (SSSR count). The second-order valence-corrected chi connectivity index (χ2v) is 7.08. The highest BCUT2D eigenvalue weighted by Crippen LogP contribution is 2.33. The lowest BCUT2D eigenvalue weighted by Gasteiger charge is -2.24. The van der Waals surface area contributed by atoms with E-state index >= 15 is 0 Å². The number of carbonyl (C=O) groups is 1. The summed E-state index contributed by atoms with van der Waals surface area (Å²) < 4.78 is 13.7. The van der Waals surface area contributed by atoms with Crippen molar-refractivity contribution in [3.8, 4) is 11.3 Å². The second kappa shape index (κ2) is 7.87. The van der Waals surface area contributed by atoms with Gasteiger partial charge in [0.1, 0.15) is 11.6 Å². The van der Waals surface area contributed by atoms with Crippen LogP contribution in [-0.2, 0) is 0 Å². The second-order valence-electron chi connectivity index (χ2n) is 7.08. The van der Waals surface area contributed by atoms with Crippen molar-refractivity contribution in [3.63, 3.8) is 0 Å². The summed E-state index contributed by atoms with van der Waals surface area (Å²) in [4.78, 5) is 25.7. The number of urea groups is 1. The van der Waals surface area contributed by atoms with E-state index in [-0.39, 0.29) is 11.8 Å². The maximum Gasteiger partial charge on any atom is 0.328 e. The van der Waals surface area contributed by atoms with Crippen molar-refractivity contribution in [2.24, 2.45) is 0 Å². The largest absolute Gasteiger partial charge is 0.372 e. The zero-order valence-electron chi connectivity index (χ0n) is 16.4. The van der Waals surface area contributed by atoms with Gasteiger partial charge in [0.25, 0.3) is 0 Å². The van der Waals surface area contributed by atoms with E-state index in [0.29, 0.717) is 29.4 Å². The molecule has 0 atom stereocenters. The number of aryl methyl sites for hydroxylation is 1. The van der Waals surface area contributed by atoms with Crippen molar-refractivity contribution in [2.75, 3.05) is 35.3 Å². The Morgan fingerprint density at radius 1 is 1.14 bits per heavy atom. The first-order valence-corrected chi connectivity index (χ1v) is 9.51. The van der Waals surface area contributed by atoms with Gasteiger partial charge in [-0.05, 0) is 61.4 Å². The SMILES string of the molecule is Cc1cc(-c2ccc3c(n2)N(C(=O)Nc2ccccn2)CCCN3C)ccc1F. The van der Waals surface area contributed by atoms with Crippen LogP contribution in [0.3, 0.4) is 0 Å². The van der Waals surface area contributed by atoms with Crippen molar-refractivity contribution in [1.29, 1.82) is 0 Å². The number of hydrogen-bond donors (Lipinski definition) is 1. The molecule has 29 heavy (non-hydrogen) atoms. The van der Waals surface area contributed by atoms with Crippen LogP contribution in [0.15, 0.2) is 54.7 Å². The van der Waals surface area contributed by atoms with Gasteiger partial charge in [-0.2, -0.15) is 0 Å². The average molecular weight is 391 g/mol.